The van der Waals surface area contributed by atoms with Crippen molar-refractivity contribution >= 4 is 15.9 Å². The van der Waals surface area contributed by atoms with Crippen molar-refractivity contribution in [2.24, 2.45) is 5.73 Å². The van der Waals surface area contributed by atoms with E-state index in [1.165, 1.54) is 16.7 Å². The van der Waals surface area contributed by atoms with Crippen LogP contribution in [0.15, 0.2) is 53.0 Å². The molecular weight excluding hydrogens is 324 g/mol. The van der Waals surface area contributed by atoms with E-state index in [-0.39, 0.29) is 12.1 Å². The highest BCUT2D eigenvalue weighted by Gasteiger charge is 2.31. The average molecular weight is 345 g/mol. The first-order chi connectivity index (χ1) is 10.2. The Bertz CT molecular complexity index is 601. The summed E-state index contributed by atoms with van der Waals surface area (Å²) in [6.07, 6.45) is 0.971. The molecule has 0 amide bonds. The summed E-state index contributed by atoms with van der Waals surface area (Å²) in [5.41, 5.74) is 10.6. The van der Waals surface area contributed by atoms with Gasteiger partial charge in [-0.3, -0.25) is 4.90 Å². The molecule has 0 bridgehead atoms. The summed E-state index contributed by atoms with van der Waals surface area (Å²) < 4.78 is 1.15. The molecule has 110 valence electrons. The molecule has 2 aromatic carbocycles. The predicted octanol–water partition coefficient (Wildman–Crippen LogP) is 4.24. The van der Waals surface area contributed by atoms with Crippen molar-refractivity contribution in [3.8, 4) is 0 Å². The lowest BCUT2D eigenvalue weighted by molar-refractivity contribution is 0.169. The molecular formula is C18H21BrN2. The topological polar surface area (TPSA) is 29.3 Å². The van der Waals surface area contributed by atoms with Gasteiger partial charge in [0, 0.05) is 23.6 Å². The number of hydrogen-bond acceptors (Lipinski definition) is 2. The highest BCUT2D eigenvalue weighted by molar-refractivity contribution is 9.10. The molecule has 1 aliphatic rings. The smallest absolute Gasteiger partial charge is 0.0517 e. The Labute approximate surface area is 135 Å². The molecule has 21 heavy (non-hydrogen) atoms. The Morgan fingerprint density at radius 2 is 1.62 bits per heavy atom. The van der Waals surface area contributed by atoms with Crippen molar-refractivity contribution in [1.82, 2.24) is 4.90 Å². The van der Waals surface area contributed by atoms with Crippen molar-refractivity contribution in [3.63, 3.8) is 0 Å². The van der Waals surface area contributed by atoms with Gasteiger partial charge in [0.25, 0.3) is 0 Å². The van der Waals surface area contributed by atoms with Gasteiger partial charge in [0.1, 0.15) is 0 Å². The molecule has 2 aromatic rings. The Kier molecular flexibility index (Phi) is 4.43. The van der Waals surface area contributed by atoms with Gasteiger partial charge in [-0.15, -0.1) is 0 Å². The zero-order valence-corrected chi connectivity index (χ0v) is 13.9. The number of nitrogens with two attached hydrogens (primary N) is 1. The van der Waals surface area contributed by atoms with Crippen LogP contribution in [0.4, 0.5) is 0 Å². The minimum absolute atomic E-state index is 0.137. The third kappa shape index (κ3) is 2.91. The van der Waals surface area contributed by atoms with E-state index in [0.717, 1.165) is 24.0 Å². The van der Waals surface area contributed by atoms with E-state index in [0.29, 0.717) is 0 Å². The highest BCUT2D eigenvalue weighted by atomic mass is 79.9. The number of nitrogens with zero attached hydrogens (tertiary/aromatic N) is 1. The second kappa shape index (κ2) is 6.30. The van der Waals surface area contributed by atoms with Crippen LogP contribution in [0.2, 0.25) is 0 Å². The van der Waals surface area contributed by atoms with E-state index in [9.17, 15) is 0 Å². The maximum atomic E-state index is 6.47. The lowest BCUT2D eigenvalue weighted by Gasteiger charge is -2.33. The number of hydrogen-bond donors (Lipinski definition) is 1. The maximum absolute atomic E-state index is 6.47. The highest BCUT2D eigenvalue weighted by Crippen LogP contribution is 2.36. The monoisotopic (exact) mass is 344 g/mol. The molecule has 2 atom stereocenters. The molecule has 1 heterocycles. The van der Waals surface area contributed by atoms with Gasteiger partial charge in [0.05, 0.1) is 6.04 Å². The summed E-state index contributed by atoms with van der Waals surface area (Å²) in [6.45, 7) is 4.13. The van der Waals surface area contributed by atoms with Crippen LogP contribution in [-0.2, 0) is 13.1 Å². The van der Waals surface area contributed by atoms with Crippen LogP contribution < -0.4 is 5.73 Å². The van der Waals surface area contributed by atoms with E-state index >= 15 is 0 Å². The first-order valence-electron chi connectivity index (χ1n) is 7.51. The Morgan fingerprint density at radius 3 is 2.19 bits per heavy atom. The van der Waals surface area contributed by atoms with Crippen molar-refractivity contribution in [1.29, 1.82) is 0 Å². The van der Waals surface area contributed by atoms with E-state index in [4.69, 9.17) is 5.73 Å². The first-order valence-corrected chi connectivity index (χ1v) is 8.31. The normalized spacial score (nSPS) is 17.5. The van der Waals surface area contributed by atoms with Crippen molar-refractivity contribution in [3.05, 3.63) is 69.7 Å². The van der Waals surface area contributed by atoms with Crippen LogP contribution in [0.5, 0.6) is 0 Å². The Balaban J connectivity index is 1.94. The predicted molar refractivity (Wildman–Crippen MR) is 90.8 cm³/mol. The lowest BCUT2D eigenvalue weighted by atomic mass is 9.96. The van der Waals surface area contributed by atoms with Gasteiger partial charge in [-0.2, -0.15) is 0 Å². The number of rotatable bonds is 4. The van der Waals surface area contributed by atoms with Crippen molar-refractivity contribution < 1.29 is 0 Å². The zero-order valence-electron chi connectivity index (χ0n) is 12.3. The minimum atomic E-state index is 0.137. The zero-order chi connectivity index (χ0) is 14.8. The van der Waals surface area contributed by atoms with Gasteiger partial charge in [-0.05, 0) is 29.2 Å². The van der Waals surface area contributed by atoms with Gasteiger partial charge >= 0.3 is 0 Å². The first kappa shape index (κ1) is 14.8. The van der Waals surface area contributed by atoms with Crippen LogP contribution >= 0.6 is 15.9 Å². The van der Waals surface area contributed by atoms with Gasteiger partial charge in [-0.25, -0.2) is 0 Å². The molecule has 1 aliphatic heterocycles. The third-order valence-electron chi connectivity index (χ3n) is 4.36. The molecule has 0 saturated carbocycles. The molecule has 0 spiro atoms. The fourth-order valence-corrected chi connectivity index (χ4v) is 3.71. The molecule has 0 radical (unpaired) electrons. The van der Waals surface area contributed by atoms with Crippen LogP contribution in [0.3, 0.4) is 0 Å². The Morgan fingerprint density at radius 1 is 1.05 bits per heavy atom. The second-order valence-electron chi connectivity index (χ2n) is 5.71. The molecule has 3 rings (SSSR count). The van der Waals surface area contributed by atoms with Crippen LogP contribution in [0.25, 0.3) is 0 Å². The van der Waals surface area contributed by atoms with E-state index in [1.54, 1.807) is 0 Å². The molecule has 2 unspecified atom stereocenters. The number of benzene rings is 2. The fourth-order valence-electron chi connectivity index (χ4n) is 3.19. The summed E-state index contributed by atoms with van der Waals surface area (Å²) in [7, 11) is 0. The van der Waals surface area contributed by atoms with Crippen LogP contribution in [0.1, 0.15) is 36.1 Å². The number of fused-ring (bicyclic) bond motifs is 1. The third-order valence-corrected chi connectivity index (χ3v) is 5.08. The maximum Gasteiger partial charge on any atom is 0.0517 e. The van der Waals surface area contributed by atoms with Gasteiger partial charge < -0.3 is 5.73 Å². The minimum Gasteiger partial charge on any atom is -0.326 e. The molecule has 2 N–H and O–H groups in total. The second-order valence-corrected chi connectivity index (χ2v) is 6.57. The molecule has 0 saturated heterocycles. The fraction of sp³-hybridized carbons (Fsp3) is 0.333. The van der Waals surface area contributed by atoms with E-state index < -0.39 is 0 Å². The summed E-state index contributed by atoms with van der Waals surface area (Å²) in [4.78, 5) is 2.50. The SMILES string of the molecule is CCC(N)C(c1ccccc1Br)N1Cc2ccccc2C1. The summed E-state index contributed by atoms with van der Waals surface area (Å²) >= 11 is 3.69. The molecule has 3 heteroatoms. The van der Waals surface area contributed by atoms with Gasteiger partial charge in [0.2, 0.25) is 0 Å². The van der Waals surface area contributed by atoms with Crippen molar-refractivity contribution in [2.75, 3.05) is 0 Å². The largest absolute Gasteiger partial charge is 0.326 e. The van der Waals surface area contributed by atoms with Crippen molar-refractivity contribution in [2.45, 2.75) is 38.5 Å². The standard InChI is InChI=1S/C18H21BrN2/c1-2-17(20)18(15-9-5-6-10-16(15)19)21-11-13-7-3-4-8-14(13)12-21/h3-10,17-18H,2,11-12,20H2,1H3. The summed E-state index contributed by atoms with van der Waals surface area (Å²) in [5.74, 6) is 0. The van der Waals surface area contributed by atoms with E-state index in [2.05, 4.69) is 76.3 Å². The molecule has 0 aliphatic carbocycles. The van der Waals surface area contributed by atoms with E-state index in [1.807, 2.05) is 0 Å². The van der Waals surface area contributed by atoms with Crippen LogP contribution in [-0.4, -0.2) is 10.9 Å². The summed E-state index contributed by atoms with van der Waals surface area (Å²) in [5, 5.41) is 0. The van der Waals surface area contributed by atoms with Crippen LogP contribution in [0, 0.1) is 0 Å². The molecule has 2 nitrogen and oxygen atoms in total. The Hall–Kier alpha value is -1.16. The molecule has 0 fully saturated rings. The van der Waals surface area contributed by atoms with Gasteiger partial charge in [-0.1, -0.05) is 65.3 Å². The number of halogens is 1. The quantitative estimate of drug-likeness (QED) is 0.898. The summed E-state index contributed by atoms with van der Waals surface area (Å²) in [6, 6.07) is 17.5. The molecule has 0 aromatic heterocycles. The average Bonchev–Trinajstić information content (AvgIpc) is 2.92. The van der Waals surface area contributed by atoms with Gasteiger partial charge in [0.15, 0.2) is 0 Å². The lowest BCUT2D eigenvalue weighted by Crippen LogP contribution is -2.38.